The second kappa shape index (κ2) is 5.29. The first kappa shape index (κ1) is 11.6. The Labute approximate surface area is 83.4 Å². The third-order valence-corrected chi connectivity index (χ3v) is 2.52. The zero-order chi connectivity index (χ0) is 7.56. The Bertz CT molecular complexity index is 98.3. The normalized spacial score (nSPS) is 34.1. The van der Waals surface area contributed by atoms with Crippen molar-refractivity contribution in [3.8, 4) is 0 Å². The number of rotatable bonds is 1. The van der Waals surface area contributed by atoms with Crippen molar-refractivity contribution in [3.63, 3.8) is 0 Å². The molecule has 3 N–H and O–H groups in total. The molecule has 0 aromatic rings. The molecule has 0 aromatic carbocycles. The SMILES string of the molecule is CC(N)C1CCC([NH-])CC1.[W]. The van der Waals surface area contributed by atoms with Crippen LogP contribution in [0, 0.1) is 5.92 Å². The van der Waals surface area contributed by atoms with E-state index in [1.807, 2.05) is 0 Å². The predicted molar refractivity (Wildman–Crippen MR) is 43.7 cm³/mol. The average molecular weight is 325 g/mol. The van der Waals surface area contributed by atoms with Gasteiger partial charge in [-0.2, -0.15) is 0 Å². The van der Waals surface area contributed by atoms with Gasteiger partial charge in [-0.15, -0.1) is 6.04 Å². The van der Waals surface area contributed by atoms with Crippen molar-refractivity contribution >= 4 is 0 Å². The van der Waals surface area contributed by atoms with Crippen LogP contribution >= 0.6 is 0 Å². The molecule has 0 aliphatic heterocycles. The van der Waals surface area contributed by atoms with E-state index in [-0.39, 0.29) is 27.1 Å². The molecular formula is C8H17N2W-. The molecular weight excluding hydrogens is 308 g/mol. The first-order chi connectivity index (χ1) is 4.70. The Balaban J connectivity index is 0.000001000. The maximum atomic E-state index is 7.46. The molecule has 11 heavy (non-hydrogen) atoms. The van der Waals surface area contributed by atoms with Crippen LogP contribution in [0.3, 0.4) is 0 Å². The van der Waals surface area contributed by atoms with Crippen LogP contribution in [0.4, 0.5) is 0 Å². The molecule has 1 aliphatic carbocycles. The Morgan fingerprint density at radius 3 is 2.09 bits per heavy atom. The van der Waals surface area contributed by atoms with Crippen LogP contribution in [-0.4, -0.2) is 12.1 Å². The molecule has 1 rings (SSSR count). The summed E-state index contributed by atoms with van der Waals surface area (Å²) in [5, 5.41) is 0. The summed E-state index contributed by atoms with van der Waals surface area (Å²) in [6.45, 7) is 2.08. The van der Waals surface area contributed by atoms with Crippen LogP contribution in [0.2, 0.25) is 0 Å². The first-order valence-electron chi connectivity index (χ1n) is 4.17. The Morgan fingerprint density at radius 1 is 1.27 bits per heavy atom. The molecule has 0 spiro atoms. The summed E-state index contributed by atoms with van der Waals surface area (Å²) in [6.07, 6.45) is 4.47. The smallest absolute Gasteiger partial charge is 0.00387 e. The average Bonchev–Trinajstić information content (AvgIpc) is 1.88. The number of nitrogens with one attached hydrogen (secondary N) is 1. The van der Waals surface area contributed by atoms with E-state index in [2.05, 4.69) is 6.92 Å². The summed E-state index contributed by atoms with van der Waals surface area (Å²) in [6, 6.07) is 0.544. The second-order valence-corrected chi connectivity index (χ2v) is 3.47. The number of hydrogen-bond donors (Lipinski definition) is 1. The van der Waals surface area contributed by atoms with Gasteiger partial charge >= 0.3 is 0 Å². The van der Waals surface area contributed by atoms with E-state index in [1.165, 1.54) is 12.8 Å². The molecule has 0 saturated heterocycles. The van der Waals surface area contributed by atoms with Crippen LogP contribution in [0.1, 0.15) is 32.6 Å². The quantitative estimate of drug-likeness (QED) is 0.787. The van der Waals surface area contributed by atoms with Crippen molar-refractivity contribution in [2.75, 3.05) is 0 Å². The Morgan fingerprint density at radius 2 is 1.73 bits per heavy atom. The summed E-state index contributed by atoms with van der Waals surface area (Å²) in [4.78, 5) is 0. The van der Waals surface area contributed by atoms with Gasteiger partial charge in [-0.25, -0.2) is 0 Å². The van der Waals surface area contributed by atoms with Crippen LogP contribution in [-0.2, 0) is 21.1 Å². The fourth-order valence-corrected chi connectivity index (χ4v) is 1.64. The fourth-order valence-electron chi connectivity index (χ4n) is 1.64. The standard InChI is InChI=1S/C8H17N2.W/c1-6(9)7-2-4-8(10)5-3-7;/h6-8,10H,2-5,9H2,1H3;/q-1;. The summed E-state index contributed by atoms with van der Waals surface area (Å²) in [7, 11) is 0. The van der Waals surface area contributed by atoms with Gasteiger partial charge in [-0.05, 0) is 12.8 Å². The molecule has 1 fully saturated rings. The predicted octanol–water partition coefficient (Wildman–Crippen LogP) is 1.94. The van der Waals surface area contributed by atoms with E-state index in [9.17, 15) is 0 Å². The molecule has 1 saturated carbocycles. The van der Waals surface area contributed by atoms with Gasteiger partial charge in [0.2, 0.25) is 0 Å². The summed E-state index contributed by atoms with van der Waals surface area (Å²) in [5.74, 6) is 0.696. The number of hydrogen-bond acceptors (Lipinski definition) is 1. The molecule has 0 bridgehead atoms. The molecule has 3 heteroatoms. The van der Waals surface area contributed by atoms with Gasteiger partial charge in [-0.1, -0.05) is 25.7 Å². The molecule has 1 atom stereocenters. The fraction of sp³-hybridized carbons (Fsp3) is 1.00. The summed E-state index contributed by atoms with van der Waals surface area (Å²) < 4.78 is 0. The van der Waals surface area contributed by atoms with Crippen molar-refractivity contribution in [1.82, 2.24) is 0 Å². The first-order valence-corrected chi connectivity index (χ1v) is 4.17. The zero-order valence-corrected chi connectivity index (χ0v) is 9.98. The molecule has 0 amide bonds. The minimum Gasteiger partial charge on any atom is -0.675 e. The van der Waals surface area contributed by atoms with Gasteiger partial charge in [-0.3, -0.25) is 0 Å². The molecule has 66 valence electrons. The van der Waals surface area contributed by atoms with E-state index in [4.69, 9.17) is 11.5 Å². The van der Waals surface area contributed by atoms with Gasteiger partial charge in [0.1, 0.15) is 0 Å². The zero-order valence-electron chi connectivity index (χ0n) is 7.05. The summed E-state index contributed by atoms with van der Waals surface area (Å²) >= 11 is 0. The van der Waals surface area contributed by atoms with Crippen molar-refractivity contribution in [3.05, 3.63) is 5.73 Å². The van der Waals surface area contributed by atoms with E-state index < -0.39 is 0 Å². The van der Waals surface area contributed by atoms with E-state index in [1.54, 1.807) is 0 Å². The minimum absolute atomic E-state index is 0. The Hall–Kier alpha value is 0.608. The van der Waals surface area contributed by atoms with E-state index in [0.717, 1.165) is 12.8 Å². The van der Waals surface area contributed by atoms with Crippen molar-refractivity contribution in [2.45, 2.75) is 44.7 Å². The monoisotopic (exact) mass is 325 g/mol. The van der Waals surface area contributed by atoms with Gasteiger partial charge in [0.15, 0.2) is 0 Å². The van der Waals surface area contributed by atoms with Gasteiger partial charge in [0, 0.05) is 27.1 Å². The van der Waals surface area contributed by atoms with Gasteiger partial charge in [0.05, 0.1) is 0 Å². The van der Waals surface area contributed by atoms with Gasteiger partial charge in [0.25, 0.3) is 0 Å². The van der Waals surface area contributed by atoms with Crippen molar-refractivity contribution < 1.29 is 21.1 Å². The summed E-state index contributed by atoms with van der Waals surface area (Å²) in [5.41, 5.74) is 13.2. The second-order valence-electron chi connectivity index (χ2n) is 3.47. The molecule has 2 nitrogen and oxygen atoms in total. The largest absolute Gasteiger partial charge is 0.675 e. The van der Waals surface area contributed by atoms with E-state index in [0.29, 0.717) is 12.0 Å². The van der Waals surface area contributed by atoms with Crippen molar-refractivity contribution in [1.29, 1.82) is 0 Å². The molecule has 0 heterocycles. The van der Waals surface area contributed by atoms with Gasteiger partial charge < -0.3 is 11.5 Å². The molecule has 1 aliphatic rings. The van der Waals surface area contributed by atoms with Crippen molar-refractivity contribution in [2.24, 2.45) is 11.7 Å². The van der Waals surface area contributed by atoms with E-state index >= 15 is 0 Å². The third kappa shape index (κ3) is 3.68. The maximum absolute atomic E-state index is 7.46. The van der Waals surface area contributed by atoms with Crippen LogP contribution in [0.25, 0.3) is 5.73 Å². The molecule has 1 unspecified atom stereocenters. The minimum atomic E-state index is 0. The molecule has 0 aromatic heterocycles. The third-order valence-electron chi connectivity index (χ3n) is 2.52. The molecule has 0 radical (unpaired) electrons. The number of nitrogens with two attached hydrogens (primary N) is 1. The maximum Gasteiger partial charge on any atom is 0.00387 e. The topological polar surface area (TPSA) is 49.8 Å². The van der Waals surface area contributed by atoms with Crippen LogP contribution in [0.15, 0.2) is 0 Å². The Kier molecular flexibility index (Phi) is 5.58. The van der Waals surface area contributed by atoms with Crippen LogP contribution in [0.5, 0.6) is 0 Å². The van der Waals surface area contributed by atoms with Crippen LogP contribution < -0.4 is 5.73 Å².